The first-order valence-corrected chi connectivity index (χ1v) is 17.8. The van der Waals surface area contributed by atoms with Gasteiger partial charge in [0.1, 0.15) is 0 Å². The summed E-state index contributed by atoms with van der Waals surface area (Å²) < 4.78 is 13.5. The third-order valence-corrected chi connectivity index (χ3v) is 11.0. The number of hydrogen-bond donors (Lipinski definition) is 2. The Kier molecular flexibility index (Phi) is 7.67. The average molecular weight is 673 g/mol. The molecule has 2 N–H and O–H groups in total. The zero-order valence-corrected chi connectivity index (χ0v) is 31.3. The van der Waals surface area contributed by atoms with Crippen molar-refractivity contribution in [3.8, 4) is 22.3 Å². The van der Waals surface area contributed by atoms with Crippen LogP contribution in [-0.2, 0) is 9.31 Å². The Labute approximate surface area is 300 Å². The van der Waals surface area contributed by atoms with Gasteiger partial charge in [-0.1, -0.05) is 35.4 Å². The van der Waals surface area contributed by atoms with Crippen LogP contribution in [0.15, 0.2) is 54.6 Å². The van der Waals surface area contributed by atoms with Crippen LogP contribution in [0.3, 0.4) is 0 Å². The van der Waals surface area contributed by atoms with Crippen molar-refractivity contribution in [2.24, 2.45) is 0 Å². The van der Waals surface area contributed by atoms with Gasteiger partial charge in [0.15, 0.2) is 0 Å². The topological polar surface area (TPSA) is 75.8 Å². The van der Waals surface area contributed by atoms with Crippen molar-refractivity contribution in [2.75, 3.05) is 0 Å². The molecule has 6 heterocycles. The normalized spacial score (nSPS) is 16.0. The lowest BCUT2D eigenvalue weighted by molar-refractivity contribution is 0.00578. The summed E-state index contributed by atoms with van der Waals surface area (Å²) in [4.78, 5) is 18.3. The molecule has 6 nitrogen and oxygen atoms in total. The number of benzene rings is 2. The van der Waals surface area contributed by atoms with Crippen LogP contribution >= 0.6 is 0 Å². The van der Waals surface area contributed by atoms with Crippen molar-refractivity contribution >= 4 is 59.0 Å². The molecule has 0 saturated carbocycles. The fourth-order valence-corrected chi connectivity index (χ4v) is 8.04. The van der Waals surface area contributed by atoms with Crippen LogP contribution in [0, 0.1) is 41.5 Å². The number of aromatic nitrogens is 4. The molecular weight excluding hydrogens is 627 g/mol. The van der Waals surface area contributed by atoms with Gasteiger partial charge in [-0.05, 0) is 157 Å². The maximum atomic E-state index is 6.74. The van der Waals surface area contributed by atoms with E-state index in [1.54, 1.807) is 0 Å². The number of nitrogens with one attached hydrogen (secondary N) is 2. The molecule has 0 amide bonds. The molecule has 0 unspecified atom stereocenters. The van der Waals surface area contributed by atoms with Crippen LogP contribution in [-0.4, -0.2) is 38.3 Å². The average Bonchev–Trinajstić information content (AvgIpc) is 3.86. The molecule has 7 heteroatoms. The largest absolute Gasteiger partial charge is 0.499 e. The minimum Gasteiger partial charge on any atom is -0.399 e. The molecule has 1 fully saturated rings. The maximum absolute atomic E-state index is 6.74. The fourth-order valence-electron chi connectivity index (χ4n) is 8.04. The third-order valence-electron chi connectivity index (χ3n) is 11.0. The van der Waals surface area contributed by atoms with Crippen LogP contribution in [0.5, 0.6) is 0 Å². The summed E-state index contributed by atoms with van der Waals surface area (Å²) in [6.45, 7) is 21.4. The Balaban J connectivity index is 1.53. The highest BCUT2D eigenvalue weighted by atomic mass is 16.7. The summed E-state index contributed by atoms with van der Waals surface area (Å²) in [5.74, 6) is 0. The van der Waals surface area contributed by atoms with Crippen molar-refractivity contribution in [2.45, 2.75) is 80.4 Å². The highest BCUT2D eigenvalue weighted by Crippen LogP contribution is 2.40. The van der Waals surface area contributed by atoms with E-state index in [9.17, 15) is 0 Å². The quantitative estimate of drug-likeness (QED) is 0.183. The fraction of sp³-hybridized carbons (Fsp3) is 0.273. The van der Waals surface area contributed by atoms with Crippen LogP contribution in [0.2, 0.25) is 0 Å². The molecule has 8 bridgehead atoms. The number of hydrogen-bond acceptors (Lipinski definition) is 4. The van der Waals surface area contributed by atoms with E-state index in [1.165, 1.54) is 44.5 Å². The first-order chi connectivity index (χ1) is 24.2. The van der Waals surface area contributed by atoms with Gasteiger partial charge >= 0.3 is 7.12 Å². The minimum atomic E-state index is -0.666. The molecule has 5 aromatic rings. The summed E-state index contributed by atoms with van der Waals surface area (Å²) in [5, 5.41) is 0. The number of aromatic amines is 2. The Hall–Kier alpha value is -4.98. The van der Waals surface area contributed by atoms with Crippen molar-refractivity contribution < 1.29 is 9.31 Å². The highest BCUT2D eigenvalue weighted by molar-refractivity contribution is 6.64. The summed E-state index contributed by atoms with van der Waals surface area (Å²) in [5.41, 5.74) is 18.8. The van der Waals surface area contributed by atoms with Gasteiger partial charge in [0.2, 0.25) is 0 Å². The van der Waals surface area contributed by atoms with E-state index in [2.05, 4.69) is 158 Å². The van der Waals surface area contributed by atoms with E-state index in [0.29, 0.717) is 0 Å². The predicted molar refractivity (Wildman–Crippen MR) is 214 cm³/mol. The van der Waals surface area contributed by atoms with Gasteiger partial charge in [0.25, 0.3) is 0 Å². The van der Waals surface area contributed by atoms with Crippen LogP contribution in [0.1, 0.15) is 83.9 Å². The minimum absolute atomic E-state index is 0.538. The number of nitrogens with zero attached hydrogens (tertiary/aromatic N) is 2. The third kappa shape index (κ3) is 5.60. The smallest absolute Gasteiger partial charge is 0.399 e. The first kappa shape index (κ1) is 33.2. The monoisotopic (exact) mass is 672 g/mol. The number of aryl methyl sites for hydroxylation is 6. The van der Waals surface area contributed by atoms with Gasteiger partial charge in [-0.2, -0.15) is 0 Å². The van der Waals surface area contributed by atoms with Crippen molar-refractivity contribution in [1.82, 2.24) is 19.9 Å². The summed E-state index contributed by atoms with van der Waals surface area (Å²) in [7, 11) is -0.666. The van der Waals surface area contributed by atoms with E-state index in [-0.39, 0.29) is 0 Å². The molecule has 2 aromatic carbocycles. The van der Waals surface area contributed by atoms with E-state index in [0.717, 1.165) is 61.4 Å². The molecule has 0 radical (unpaired) electrons. The SMILES string of the molecule is Cc1cc(C)c(-c2c3nc(c(B4OC(C)(C)C(C)(C)O4)c4nc(c(-c5c(C)cc(C)cc5C)c5ccc(cc6ccc2[nH]6)[nH]5)C=C4)C=C3)c(C)c1. The molecular formula is C44H45BN4O2. The lowest BCUT2D eigenvalue weighted by atomic mass is 9.76. The summed E-state index contributed by atoms with van der Waals surface area (Å²) in [6, 6.07) is 19.8. The summed E-state index contributed by atoms with van der Waals surface area (Å²) >= 11 is 0. The second kappa shape index (κ2) is 11.8. The lowest BCUT2D eigenvalue weighted by Gasteiger charge is -2.32. The molecule has 3 aliphatic rings. The summed E-state index contributed by atoms with van der Waals surface area (Å²) in [6.07, 6.45) is 8.42. The maximum Gasteiger partial charge on any atom is 0.499 e. The zero-order chi connectivity index (χ0) is 36.0. The zero-order valence-electron chi connectivity index (χ0n) is 31.3. The van der Waals surface area contributed by atoms with E-state index < -0.39 is 18.3 Å². The Bertz CT molecular complexity index is 2300. The molecule has 3 aliphatic heterocycles. The van der Waals surface area contributed by atoms with Crippen LogP contribution < -0.4 is 5.46 Å². The Morgan fingerprint density at radius 3 is 1.25 bits per heavy atom. The Morgan fingerprint density at radius 2 is 0.863 bits per heavy atom. The molecule has 0 aliphatic carbocycles. The number of rotatable bonds is 3. The highest BCUT2D eigenvalue weighted by Gasteiger charge is 2.53. The molecule has 1 saturated heterocycles. The van der Waals surface area contributed by atoms with Gasteiger partial charge in [-0.15, -0.1) is 0 Å². The molecule has 0 atom stereocenters. The molecule has 51 heavy (non-hydrogen) atoms. The number of H-pyrrole nitrogens is 2. The van der Waals surface area contributed by atoms with E-state index in [4.69, 9.17) is 19.3 Å². The van der Waals surface area contributed by atoms with Gasteiger partial charge < -0.3 is 19.3 Å². The first-order valence-electron chi connectivity index (χ1n) is 17.8. The van der Waals surface area contributed by atoms with Crippen LogP contribution in [0.25, 0.3) is 68.6 Å². The number of fused-ring (bicyclic) bond motifs is 8. The molecule has 8 rings (SSSR count). The van der Waals surface area contributed by atoms with Crippen LogP contribution in [0.4, 0.5) is 0 Å². The van der Waals surface area contributed by atoms with Gasteiger partial charge in [0.05, 0.1) is 34.0 Å². The van der Waals surface area contributed by atoms with Crippen molar-refractivity contribution in [1.29, 1.82) is 0 Å². The predicted octanol–water partition coefficient (Wildman–Crippen LogP) is 10.1. The molecule has 0 spiro atoms. The lowest BCUT2D eigenvalue weighted by Crippen LogP contribution is -2.41. The van der Waals surface area contributed by atoms with E-state index >= 15 is 0 Å². The Morgan fingerprint density at radius 1 is 0.490 bits per heavy atom. The van der Waals surface area contributed by atoms with Crippen molar-refractivity contribution in [3.63, 3.8) is 0 Å². The second-order valence-corrected chi connectivity index (χ2v) is 15.5. The van der Waals surface area contributed by atoms with Gasteiger partial charge in [0, 0.05) is 38.7 Å². The van der Waals surface area contributed by atoms with Crippen molar-refractivity contribution in [3.05, 3.63) is 111 Å². The van der Waals surface area contributed by atoms with Gasteiger partial charge in [-0.25, -0.2) is 9.97 Å². The standard InChI is InChI=1S/C44H45BN4O2/c1-24-19-26(3)38(27(4)20-24)40-32-13-11-30(46-32)23-31-12-14-33(47-31)41(39-28(5)21-25(2)22-29(39)6)35-16-18-37(49-35)42(36-17-15-34(40)48-36)45-50-43(7,8)44(9,10)51-45/h11-23,46-47H,1-10H3. The van der Waals surface area contributed by atoms with Gasteiger partial charge in [-0.3, -0.25) is 0 Å². The molecule has 3 aromatic heterocycles. The molecule has 256 valence electrons. The van der Waals surface area contributed by atoms with E-state index in [1.807, 2.05) is 0 Å². The second-order valence-electron chi connectivity index (χ2n) is 15.5.